The number of hydrogen-bond acceptors (Lipinski definition) is 9. The van der Waals surface area contributed by atoms with Crippen LogP contribution in [0.4, 0.5) is 10.8 Å². The summed E-state index contributed by atoms with van der Waals surface area (Å²) in [5.74, 6) is 1.93. The van der Waals surface area contributed by atoms with Crippen LogP contribution < -0.4 is 10.6 Å². The van der Waals surface area contributed by atoms with Crippen molar-refractivity contribution in [1.29, 1.82) is 0 Å². The lowest BCUT2D eigenvalue weighted by Crippen LogP contribution is -2.28. The third-order valence-corrected chi connectivity index (χ3v) is 8.11. The van der Waals surface area contributed by atoms with Crippen LogP contribution in [-0.4, -0.2) is 50.4 Å². The fraction of sp³-hybridized carbons (Fsp3) is 0.520. The second-order valence-corrected chi connectivity index (χ2v) is 11.1. The van der Waals surface area contributed by atoms with Crippen LogP contribution in [0.5, 0.6) is 0 Å². The molecule has 2 saturated carbocycles. The standard InChI is InChI=1S/C25H28N8O3S/c1-13-30-31-24(36-13)18-10-20(33(2)32-18)28-12-27-16-7-8-19-17(9-16)21(23(35)26-11-14-3-4-14)25(37-19)29-22(34)15-5-6-15/h10,14-16H,3-9,11H2,1-2H3,(H,26,35)(H,29,34)/t16-/m0/s1. The summed E-state index contributed by atoms with van der Waals surface area (Å²) in [6.07, 6.45) is 6.40. The van der Waals surface area contributed by atoms with Gasteiger partial charge in [-0.15, -0.1) is 21.5 Å². The Balaban J connectivity index is 1.20. The van der Waals surface area contributed by atoms with E-state index in [-0.39, 0.29) is 23.8 Å². The summed E-state index contributed by atoms with van der Waals surface area (Å²) in [7, 11) is 1.77. The minimum Gasteiger partial charge on any atom is -0.420 e. The fourth-order valence-corrected chi connectivity index (χ4v) is 5.68. The van der Waals surface area contributed by atoms with Crippen molar-refractivity contribution in [2.24, 2.45) is 28.9 Å². The van der Waals surface area contributed by atoms with Crippen molar-refractivity contribution in [3.05, 3.63) is 28.0 Å². The number of nitrogens with one attached hydrogen (secondary N) is 2. The van der Waals surface area contributed by atoms with E-state index in [1.54, 1.807) is 24.7 Å². The zero-order chi connectivity index (χ0) is 25.5. The molecule has 0 aliphatic heterocycles. The predicted octanol–water partition coefficient (Wildman–Crippen LogP) is 3.69. The van der Waals surface area contributed by atoms with Crippen molar-refractivity contribution in [1.82, 2.24) is 25.3 Å². The maximum atomic E-state index is 13.2. The van der Waals surface area contributed by atoms with Gasteiger partial charge in [-0.1, -0.05) is 0 Å². The summed E-state index contributed by atoms with van der Waals surface area (Å²) in [5.41, 5.74) is 2.13. The fourth-order valence-electron chi connectivity index (χ4n) is 4.44. The molecular weight excluding hydrogens is 492 g/mol. The molecular formula is C25H28N8O3S. The van der Waals surface area contributed by atoms with Crippen molar-refractivity contribution in [2.75, 3.05) is 11.9 Å². The third kappa shape index (κ3) is 5.26. The first kappa shape index (κ1) is 23.7. The molecule has 0 saturated heterocycles. The van der Waals surface area contributed by atoms with Gasteiger partial charge in [0.25, 0.3) is 11.8 Å². The third-order valence-electron chi connectivity index (χ3n) is 6.90. The minimum absolute atomic E-state index is 0.0165. The van der Waals surface area contributed by atoms with E-state index >= 15 is 0 Å². The molecule has 2 fully saturated rings. The average molecular weight is 521 g/mol. The number of thiophene rings is 1. The minimum atomic E-state index is -0.104. The first-order valence-corrected chi connectivity index (χ1v) is 13.5. The topological polar surface area (TPSA) is 140 Å². The van der Waals surface area contributed by atoms with Crippen molar-refractivity contribution in [3.8, 4) is 11.6 Å². The Labute approximate surface area is 217 Å². The second-order valence-electron chi connectivity index (χ2n) is 10.00. The van der Waals surface area contributed by atoms with Crippen LogP contribution in [0.1, 0.15) is 58.8 Å². The number of aromatic nitrogens is 4. The van der Waals surface area contributed by atoms with Crippen LogP contribution >= 0.6 is 11.3 Å². The smallest absolute Gasteiger partial charge is 0.268 e. The molecule has 0 aromatic carbocycles. The average Bonchev–Trinajstić information content (AvgIpc) is 3.79. The molecule has 192 valence electrons. The number of aliphatic imine (C=N–C) groups is 2. The molecule has 1 atom stereocenters. The van der Waals surface area contributed by atoms with Gasteiger partial charge in [-0.05, 0) is 56.4 Å². The van der Waals surface area contributed by atoms with Gasteiger partial charge < -0.3 is 15.1 Å². The molecule has 6 rings (SSSR count). The Morgan fingerprint density at radius 1 is 1.24 bits per heavy atom. The molecule has 0 bridgehead atoms. The number of hydrogen-bond donors (Lipinski definition) is 2. The van der Waals surface area contributed by atoms with E-state index < -0.39 is 0 Å². The Morgan fingerprint density at radius 3 is 2.81 bits per heavy atom. The van der Waals surface area contributed by atoms with Gasteiger partial charge in [0, 0.05) is 37.4 Å². The van der Waals surface area contributed by atoms with E-state index in [1.807, 2.05) is 0 Å². The number of amides is 2. The van der Waals surface area contributed by atoms with Gasteiger partial charge in [0.15, 0.2) is 11.5 Å². The SMILES string of the molecule is Cc1nnc(-c2cc(N=C=N[C@H]3CCc4sc(NC(=O)C5CC5)c(C(=O)NCC5CC5)c4C3)n(C)n2)o1. The first-order chi connectivity index (χ1) is 17.9. The van der Waals surface area contributed by atoms with E-state index in [0.29, 0.717) is 52.7 Å². The van der Waals surface area contributed by atoms with Gasteiger partial charge in [-0.25, -0.2) is 9.67 Å². The van der Waals surface area contributed by atoms with Crippen molar-refractivity contribution in [3.63, 3.8) is 0 Å². The molecule has 11 nitrogen and oxygen atoms in total. The van der Waals surface area contributed by atoms with Crippen LogP contribution in [0.3, 0.4) is 0 Å². The van der Waals surface area contributed by atoms with E-state index in [0.717, 1.165) is 49.0 Å². The highest BCUT2D eigenvalue weighted by molar-refractivity contribution is 7.17. The van der Waals surface area contributed by atoms with Gasteiger partial charge in [0.05, 0.1) is 17.6 Å². The number of carbonyl (C=O) groups excluding carboxylic acids is 2. The molecule has 3 aliphatic rings. The summed E-state index contributed by atoms with van der Waals surface area (Å²) in [6.45, 7) is 2.41. The highest BCUT2D eigenvalue weighted by Crippen LogP contribution is 2.40. The molecule has 0 unspecified atom stereocenters. The summed E-state index contributed by atoms with van der Waals surface area (Å²) < 4.78 is 7.04. The molecule has 3 aliphatic carbocycles. The quantitative estimate of drug-likeness (QED) is 0.434. The van der Waals surface area contributed by atoms with Crippen molar-refractivity contribution < 1.29 is 14.0 Å². The highest BCUT2D eigenvalue weighted by atomic mass is 32.1. The van der Waals surface area contributed by atoms with Crippen molar-refractivity contribution in [2.45, 2.75) is 57.9 Å². The predicted molar refractivity (Wildman–Crippen MR) is 137 cm³/mol. The largest absolute Gasteiger partial charge is 0.420 e. The summed E-state index contributed by atoms with van der Waals surface area (Å²) in [4.78, 5) is 35.8. The van der Waals surface area contributed by atoms with Crippen LogP contribution in [0.15, 0.2) is 20.5 Å². The molecule has 3 heterocycles. The van der Waals surface area contributed by atoms with E-state index in [4.69, 9.17) is 4.42 Å². The van der Waals surface area contributed by atoms with Gasteiger partial charge in [-0.2, -0.15) is 10.1 Å². The number of fused-ring (bicyclic) bond motifs is 1. The second kappa shape index (κ2) is 9.68. The summed E-state index contributed by atoms with van der Waals surface area (Å²) in [6, 6.07) is 4.51. The highest BCUT2D eigenvalue weighted by Gasteiger charge is 2.34. The number of nitrogens with zero attached hydrogens (tertiary/aromatic N) is 6. The number of carbonyl (C=O) groups is 2. The summed E-state index contributed by atoms with van der Waals surface area (Å²) >= 11 is 1.53. The number of aryl methyl sites for hydroxylation is 3. The van der Waals surface area contributed by atoms with Gasteiger partial charge in [0.2, 0.25) is 11.8 Å². The maximum Gasteiger partial charge on any atom is 0.268 e. The number of rotatable bonds is 8. The Morgan fingerprint density at radius 2 is 2.08 bits per heavy atom. The van der Waals surface area contributed by atoms with E-state index in [2.05, 4.69) is 41.9 Å². The van der Waals surface area contributed by atoms with Gasteiger partial charge in [0.1, 0.15) is 5.00 Å². The molecule has 3 aromatic rings. The monoisotopic (exact) mass is 520 g/mol. The van der Waals surface area contributed by atoms with Crippen LogP contribution in [0.2, 0.25) is 0 Å². The Bertz CT molecular complexity index is 1420. The van der Waals surface area contributed by atoms with Gasteiger partial charge in [-0.3, -0.25) is 9.59 Å². The van der Waals surface area contributed by atoms with Crippen LogP contribution in [0, 0.1) is 18.8 Å². The normalized spacial score (nSPS) is 18.6. The van der Waals surface area contributed by atoms with Gasteiger partial charge >= 0.3 is 0 Å². The van der Waals surface area contributed by atoms with E-state index in [9.17, 15) is 9.59 Å². The molecule has 2 N–H and O–H groups in total. The lowest BCUT2D eigenvalue weighted by molar-refractivity contribution is -0.117. The van der Waals surface area contributed by atoms with E-state index in [1.165, 1.54) is 11.3 Å². The lowest BCUT2D eigenvalue weighted by Gasteiger charge is -2.18. The summed E-state index contributed by atoms with van der Waals surface area (Å²) in [5, 5.41) is 19.0. The molecule has 0 spiro atoms. The van der Waals surface area contributed by atoms with Crippen molar-refractivity contribution >= 4 is 40.0 Å². The Hall–Kier alpha value is -3.63. The zero-order valence-electron chi connectivity index (χ0n) is 20.8. The molecule has 2 amide bonds. The zero-order valence-corrected chi connectivity index (χ0v) is 21.6. The Kier molecular flexibility index (Phi) is 6.21. The van der Waals surface area contributed by atoms with Crippen LogP contribution in [0.25, 0.3) is 11.6 Å². The molecule has 37 heavy (non-hydrogen) atoms. The maximum absolute atomic E-state index is 13.2. The molecule has 12 heteroatoms. The molecule has 0 radical (unpaired) electrons. The van der Waals surface area contributed by atoms with Crippen LogP contribution in [-0.2, 0) is 24.7 Å². The number of anilines is 1. The lowest BCUT2D eigenvalue weighted by atomic mass is 9.91. The first-order valence-electron chi connectivity index (χ1n) is 12.7. The molecule has 3 aromatic heterocycles.